The van der Waals surface area contributed by atoms with Gasteiger partial charge in [-0.05, 0) is 76.2 Å². The first-order valence-corrected chi connectivity index (χ1v) is 11.2. The van der Waals surface area contributed by atoms with Gasteiger partial charge in [0.2, 0.25) is 0 Å². The van der Waals surface area contributed by atoms with E-state index in [4.69, 9.17) is 9.47 Å². The maximum absolute atomic E-state index is 10.3. The molecule has 0 heterocycles. The monoisotopic (exact) mass is 365 g/mol. The van der Waals surface area contributed by atoms with Crippen LogP contribution in [0.2, 0.25) is 0 Å². The Morgan fingerprint density at radius 2 is 1.58 bits per heavy atom. The minimum absolute atomic E-state index is 0.178. The molecule has 4 heteroatoms. The fourth-order valence-electron chi connectivity index (χ4n) is 6.80. The average Bonchev–Trinajstić information content (AvgIpc) is 2.61. The Kier molecular flexibility index (Phi) is 6.24. The third-order valence-corrected chi connectivity index (χ3v) is 7.62. The molecular formula is C22H39NO3. The molecule has 4 nitrogen and oxygen atoms in total. The number of rotatable bonds is 9. The van der Waals surface area contributed by atoms with Crippen molar-refractivity contribution >= 4 is 0 Å². The van der Waals surface area contributed by atoms with Gasteiger partial charge < -0.3 is 19.5 Å². The van der Waals surface area contributed by atoms with Crippen molar-refractivity contribution in [2.24, 2.45) is 17.8 Å². The first-order chi connectivity index (χ1) is 12.6. The van der Waals surface area contributed by atoms with Crippen LogP contribution in [0, 0.1) is 17.8 Å². The van der Waals surface area contributed by atoms with Crippen LogP contribution in [0.4, 0.5) is 0 Å². The number of ether oxygens (including phenoxy) is 2. The van der Waals surface area contributed by atoms with Crippen LogP contribution in [0.5, 0.6) is 0 Å². The van der Waals surface area contributed by atoms with Crippen molar-refractivity contribution < 1.29 is 14.6 Å². The Morgan fingerprint density at radius 1 is 0.962 bits per heavy atom. The molecule has 1 atom stereocenters. The van der Waals surface area contributed by atoms with Crippen LogP contribution in [0.25, 0.3) is 0 Å². The van der Waals surface area contributed by atoms with Crippen molar-refractivity contribution in [3.8, 4) is 0 Å². The highest BCUT2D eigenvalue weighted by Crippen LogP contribution is 2.57. The van der Waals surface area contributed by atoms with Gasteiger partial charge in [-0.15, -0.1) is 0 Å². The fraction of sp³-hybridized carbons (Fsp3) is 1.00. The van der Waals surface area contributed by atoms with Crippen LogP contribution < -0.4 is 0 Å². The average molecular weight is 366 g/mol. The lowest BCUT2D eigenvalue weighted by molar-refractivity contribution is -0.170. The van der Waals surface area contributed by atoms with Crippen molar-refractivity contribution in [1.29, 1.82) is 0 Å². The van der Waals surface area contributed by atoms with Crippen LogP contribution in [-0.4, -0.2) is 61.2 Å². The Labute approximate surface area is 159 Å². The largest absolute Gasteiger partial charge is 0.389 e. The summed E-state index contributed by atoms with van der Waals surface area (Å²) in [6.45, 7) is 2.46. The molecule has 0 unspecified atom stereocenters. The molecule has 5 fully saturated rings. The molecule has 0 aromatic carbocycles. The van der Waals surface area contributed by atoms with E-state index in [1.807, 2.05) is 0 Å². The number of hydrogen-bond acceptors (Lipinski definition) is 4. The van der Waals surface area contributed by atoms with Gasteiger partial charge in [0.05, 0.1) is 31.5 Å². The highest BCUT2D eigenvalue weighted by atomic mass is 16.5. The van der Waals surface area contributed by atoms with Crippen molar-refractivity contribution in [3.05, 3.63) is 0 Å². The number of aliphatic hydroxyl groups excluding tert-OH is 1. The third kappa shape index (κ3) is 4.63. The Bertz CT molecular complexity index is 413. The summed E-state index contributed by atoms with van der Waals surface area (Å²) in [6, 6.07) is 0.651. The molecule has 1 N–H and O–H groups in total. The highest BCUT2D eigenvalue weighted by molar-refractivity contribution is 5.03. The van der Waals surface area contributed by atoms with E-state index in [1.165, 1.54) is 70.6 Å². The molecule has 0 saturated heterocycles. The quantitative estimate of drug-likeness (QED) is 0.634. The van der Waals surface area contributed by atoms with Crippen LogP contribution in [0.15, 0.2) is 0 Å². The molecule has 0 aromatic heterocycles. The van der Waals surface area contributed by atoms with Crippen LogP contribution in [-0.2, 0) is 9.47 Å². The van der Waals surface area contributed by atoms with Crippen molar-refractivity contribution in [3.63, 3.8) is 0 Å². The fourth-order valence-corrected chi connectivity index (χ4v) is 6.80. The van der Waals surface area contributed by atoms with Gasteiger partial charge in [0.15, 0.2) is 0 Å². The first kappa shape index (κ1) is 19.2. The van der Waals surface area contributed by atoms with Crippen molar-refractivity contribution in [2.75, 3.05) is 33.4 Å². The summed E-state index contributed by atoms with van der Waals surface area (Å²) in [5, 5.41) is 10.3. The molecule has 0 amide bonds. The molecule has 4 bridgehead atoms. The van der Waals surface area contributed by atoms with Gasteiger partial charge >= 0.3 is 0 Å². The summed E-state index contributed by atoms with van der Waals surface area (Å²) in [6.07, 6.45) is 14.5. The highest BCUT2D eigenvalue weighted by Gasteiger charge is 2.51. The second kappa shape index (κ2) is 8.46. The van der Waals surface area contributed by atoms with E-state index in [-0.39, 0.29) is 11.7 Å². The number of nitrogens with zero attached hydrogens (tertiary/aromatic N) is 1. The van der Waals surface area contributed by atoms with E-state index in [0.717, 1.165) is 24.3 Å². The molecule has 26 heavy (non-hydrogen) atoms. The summed E-state index contributed by atoms with van der Waals surface area (Å²) in [5.41, 5.74) is 0.178. The first-order valence-electron chi connectivity index (χ1n) is 11.2. The minimum Gasteiger partial charge on any atom is -0.389 e. The van der Waals surface area contributed by atoms with Gasteiger partial charge in [0.25, 0.3) is 0 Å². The molecule has 0 spiro atoms. The summed E-state index contributed by atoms with van der Waals surface area (Å²) < 4.78 is 12.1. The third-order valence-electron chi connectivity index (χ3n) is 7.62. The summed E-state index contributed by atoms with van der Waals surface area (Å²) in [7, 11) is 2.15. The van der Waals surface area contributed by atoms with E-state index in [1.54, 1.807) is 0 Å². The zero-order chi connectivity index (χ0) is 18.0. The lowest BCUT2D eigenvalue weighted by Gasteiger charge is -2.56. The Morgan fingerprint density at radius 3 is 2.19 bits per heavy atom. The lowest BCUT2D eigenvalue weighted by Crippen LogP contribution is -2.52. The summed E-state index contributed by atoms with van der Waals surface area (Å²) >= 11 is 0. The Hall–Kier alpha value is -0.160. The Balaban J connectivity index is 1.10. The van der Waals surface area contributed by atoms with Crippen LogP contribution >= 0.6 is 0 Å². The normalized spacial score (nSPS) is 38.2. The maximum atomic E-state index is 10.3. The molecule has 5 aliphatic carbocycles. The van der Waals surface area contributed by atoms with E-state index < -0.39 is 0 Å². The summed E-state index contributed by atoms with van der Waals surface area (Å²) in [5.74, 6) is 2.79. The van der Waals surface area contributed by atoms with Gasteiger partial charge in [0.1, 0.15) is 0 Å². The molecule has 0 aliphatic heterocycles. The van der Waals surface area contributed by atoms with E-state index in [9.17, 15) is 5.11 Å². The molecule has 0 aromatic rings. The second-order valence-corrected chi connectivity index (χ2v) is 9.91. The zero-order valence-corrected chi connectivity index (χ0v) is 16.7. The van der Waals surface area contributed by atoms with Gasteiger partial charge in [-0.25, -0.2) is 0 Å². The van der Waals surface area contributed by atoms with E-state index in [0.29, 0.717) is 25.9 Å². The molecule has 0 radical (unpaired) electrons. The summed E-state index contributed by atoms with van der Waals surface area (Å²) in [4.78, 5) is 2.33. The van der Waals surface area contributed by atoms with Gasteiger partial charge in [0, 0.05) is 12.6 Å². The van der Waals surface area contributed by atoms with Crippen molar-refractivity contribution in [2.45, 2.75) is 88.4 Å². The topological polar surface area (TPSA) is 41.9 Å². The van der Waals surface area contributed by atoms with Gasteiger partial charge in [-0.3, -0.25) is 0 Å². The molecule has 150 valence electrons. The van der Waals surface area contributed by atoms with Crippen LogP contribution in [0.3, 0.4) is 0 Å². The number of likely N-dealkylation sites (N-methyl/N-ethyl adjacent to an activating group) is 1. The van der Waals surface area contributed by atoms with E-state index in [2.05, 4.69) is 11.9 Å². The second-order valence-electron chi connectivity index (χ2n) is 9.91. The smallest absolute Gasteiger partial charge is 0.0900 e. The molecule has 5 aliphatic rings. The standard InChI is InChI=1S/C22H39NO3/c1-23(20-5-3-2-4-6-20)15-21(24)16-25-7-8-26-22-12-17-9-18(13-22)11-19(10-17)14-22/h17-21,24H,2-16H2,1H3/t17?,18?,19?,21-,22?/m0/s1. The number of aliphatic hydroxyl groups is 1. The minimum atomic E-state index is -0.388. The molecular weight excluding hydrogens is 326 g/mol. The molecule has 5 rings (SSSR count). The maximum Gasteiger partial charge on any atom is 0.0900 e. The number of hydrogen-bond donors (Lipinski definition) is 1. The SMILES string of the molecule is CN(C[C@H](O)COCCOC12CC3CC(CC(C3)C1)C2)C1CCCCC1. The van der Waals surface area contributed by atoms with Gasteiger partial charge in [-0.1, -0.05) is 19.3 Å². The van der Waals surface area contributed by atoms with E-state index >= 15 is 0 Å². The van der Waals surface area contributed by atoms with Gasteiger partial charge in [-0.2, -0.15) is 0 Å². The predicted octanol–water partition coefficient (Wildman–Crippen LogP) is 3.61. The van der Waals surface area contributed by atoms with Crippen LogP contribution in [0.1, 0.15) is 70.6 Å². The van der Waals surface area contributed by atoms with Crippen molar-refractivity contribution in [1.82, 2.24) is 4.90 Å². The zero-order valence-electron chi connectivity index (χ0n) is 16.7. The lowest BCUT2D eigenvalue weighted by atomic mass is 9.54. The molecule has 5 saturated carbocycles. The predicted molar refractivity (Wildman–Crippen MR) is 103 cm³/mol.